The molecule has 1 atom stereocenters. The van der Waals surface area contributed by atoms with Crippen LogP contribution in [-0.2, 0) is 18.4 Å². The zero-order valence-electron chi connectivity index (χ0n) is 17.3. The van der Waals surface area contributed by atoms with Gasteiger partial charge in [-0.3, -0.25) is 14.4 Å². The molecule has 1 saturated carbocycles. The molecule has 6 nitrogen and oxygen atoms in total. The minimum atomic E-state index is -0.282. The van der Waals surface area contributed by atoms with Crippen LogP contribution < -0.4 is 5.32 Å². The molecule has 1 aromatic carbocycles. The van der Waals surface area contributed by atoms with E-state index in [1.807, 2.05) is 17.9 Å². The smallest absolute Gasteiger partial charge is 0.237 e. The lowest BCUT2D eigenvalue weighted by molar-refractivity contribution is -0.129. The number of hydrogen-bond donors (Lipinski definition) is 2. The van der Waals surface area contributed by atoms with E-state index >= 15 is 0 Å². The van der Waals surface area contributed by atoms with Crippen LogP contribution in [0.4, 0.5) is 0 Å². The lowest BCUT2D eigenvalue weighted by Crippen LogP contribution is -2.55. The number of carbonyl (C=O) groups is 1. The van der Waals surface area contributed by atoms with Crippen molar-refractivity contribution in [2.24, 2.45) is 7.05 Å². The van der Waals surface area contributed by atoms with Crippen LogP contribution in [0.25, 0.3) is 11.3 Å². The number of rotatable bonds is 6. The molecular formula is C23H32N4O2. The number of piperazine rings is 1. The van der Waals surface area contributed by atoms with Crippen LogP contribution in [0.5, 0.6) is 0 Å². The SMILES string of the molecule is Cn1cc(CN2CCNC(=O)[C@H]2CCO)c(-c2ccc(C3CCCCC3)cc2)n1. The molecule has 4 rings (SSSR count). The second-order valence-corrected chi connectivity index (χ2v) is 8.42. The zero-order valence-corrected chi connectivity index (χ0v) is 17.3. The van der Waals surface area contributed by atoms with Gasteiger partial charge in [-0.15, -0.1) is 0 Å². The second-order valence-electron chi connectivity index (χ2n) is 8.42. The minimum Gasteiger partial charge on any atom is -0.396 e. The van der Waals surface area contributed by atoms with E-state index in [1.165, 1.54) is 37.7 Å². The van der Waals surface area contributed by atoms with E-state index < -0.39 is 0 Å². The Morgan fingerprint density at radius 2 is 1.93 bits per heavy atom. The Morgan fingerprint density at radius 1 is 1.17 bits per heavy atom. The Morgan fingerprint density at radius 3 is 2.66 bits per heavy atom. The summed E-state index contributed by atoms with van der Waals surface area (Å²) >= 11 is 0. The Balaban J connectivity index is 1.54. The van der Waals surface area contributed by atoms with Crippen molar-refractivity contribution in [3.05, 3.63) is 41.6 Å². The van der Waals surface area contributed by atoms with Crippen LogP contribution in [0.3, 0.4) is 0 Å². The van der Waals surface area contributed by atoms with Crippen molar-refractivity contribution in [3.63, 3.8) is 0 Å². The number of benzene rings is 1. The monoisotopic (exact) mass is 396 g/mol. The summed E-state index contributed by atoms with van der Waals surface area (Å²) in [6.45, 7) is 2.10. The molecule has 1 aliphatic heterocycles. The molecule has 156 valence electrons. The third-order valence-electron chi connectivity index (χ3n) is 6.38. The first-order chi connectivity index (χ1) is 14.2. The van der Waals surface area contributed by atoms with Gasteiger partial charge >= 0.3 is 0 Å². The van der Waals surface area contributed by atoms with E-state index in [1.54, 1.807) is 0 Å². The largest absolute Gasteiger partial charge is 0.396 e. The van der Waals surface area contributed by atoms with Gasteiger partial charge in [-0.1, -0.05) is 43.5 Å². The summed E-state index contributed by atoms with van der Waals surface area (Å²) < 4.78 is 1.85. The van der Waals surface area contributed by atoms with Gasteiger partial charge in [0.25, 0.3) is 0 Å². The Kier molecular flexibility index (Phi) is 6.31. The van der Waals surface area contributed by atoms with Gasteiger partial charge < -0.3 is 10.4 Å². The Bertz CT molecular complexity index is 824. The summed E-state index contributed by atoms with van der Waals surface area (Å²) in [6.07, 6.45) is 9.17. The van der Waals surface area contributed by atoms with Gasteiger partial charge in [0.15, 0.2) is 0 Å². The molecule has 1 aliphatic carbocycles. The van der Waals surface area contributed by atoms with Crippen molar-refractivity contribution in [1.82, 2.24) is 20.0 Å². The lowest BCUT2D eigenvalue weighted by Gasteiger charge is -2.34. The fraction of sp³-hybridized carbons (Fsp3) is 0.565. The van der Waals surface area contributed by atoms with Gasteiger partial charge in [0.1, 0.15) is 0 Å². The number of aryl methyl sites for hydroxylation is 1. The molecule has 29 heavy (non-hydrogen) atoms. The molecule has 0 bridgehead atoms. The van der Waals surface area contributed by atoms with E-state index in [0.717, 1.165) is 23.4 Å². The van der Waals surface area contributed by atoms with Gasteiger partial charge in [-0.25, -0.2) is 0 Å². The number of aliphatic hydroxyl groups excluding tert-OH is 1. The highest BCUT2D eigenvalue weighted by molar-refractivity contribution is 5.82. The fourth-order valence-corrected chi connectivity index (χ4v) is 4.85. The maximum Gasteiger partial charge on any atom is 0.237 e. The number of amides is 1. The molecule has 0 radical (unpaired) electrons. The van der Waals surface area contributed by atoms with Crippen molar-refractivity contribution in [2.45, 2.75) is 57.0 Å². The quantitative estimate of drug-likeness (QED) is 0.788. The lowest BCUT2D eigenvalue weighted by atomic mass is 9.84. The number of carbonyl (C=O) groups excluding carboxylic acids is 1. The zero-order chi connectivity index (χ0) is 20.2. The molecule has 1 saturated heterocycles. The molecule has 2 aliphatic rings. The summed E-state index contributed by atoms with van der Waals surface area (Å²) in [5.74, 6) is 0.708. The maximum atomic E-state index is 12.2. The summed E-state index contributed by atoms with van der Waals surface area (Å²) in [5, 5.41) is 17.0. The van der Waals surface area contributed by atoms with E-state index in [9.17, 15) is 9.90 Å². The van der Waals surface area contributed by atoms with E-state index in [-0.39, 0.29) is 18.6 Å². The van der Waals surface area contributed by atoms with Gasteiger partial charge in [0.2, 0.25) is 5.91 Å². The highest BCUT2D eigenvalue weighted by atomic mass is 16.3. The summed E-state index contributed by atoms with van der Waals surface area (Å²) in [7, 11) is 1.94. The normalized spacial score (nSPS) is 21.3. The molecule has 1 amide bonds. The first kappa shape index (κ1) is 20.1. The predicted octanol–water partition coefficient (Wildman–Crippen LogP) is 2.82. The average Bonchev–Trinajstić information content (AvgIpc) is 3.11. The molecule has 1 aromatic heterocycles. The van der Waals surface area contributed by atoms with Crippen LogP contribution in [-0.4, -0.2) is 51.4 Å². The van der Waals surface area contributed by atoms with E-state index in [0.29, 0.717) is 25.4 Å². The van der Waals surface area contributed by atoms with Gasteiger partial charge in [0, 0.05) is 50.6 Å². The highest BCUT2D eigenvalue weighted by Gasteiger charge is 2.30. The number of nitrogens with zero attached hydrogens (tertiary/aromatic N) is 3. The van der Waals surface area contributed by atoms with Gasteiger partial charge in [0.05, 0.1) is 11.7 Å². The van der Waals surface area contributed by atoms with E-state index in [4.69, 9.17) is 5.10 Å². The first-order valence-corrected chi connectivity index (χ1v) is 10.9. The topological polar surface area (TPSA) is 70.4 Å². The van der Waals surface area contributed by atoms with Crippen molar-refractivity contribution in [3.8, 4) is 11.3 Å². The first-order valence-electron chi connectivity index (χ1n) is 10.9. The second kappa shape index (κ2) is 9.09. The number of aromatic nitrogens is 2. The van der Waals surface area contributed by atoms with Crippen molar-refractivity contribution >= 4 is 5.91 Å². The fourth-order valence-electron chi connectivity index (χ4n) is 4.85. The summed E-state index contributed by atoms with van der Waals surface area (Å²) in [5.41, 5.74) is 4.67. The number of aliphatic hydroxyl groups is 1. The van der Waals surface area contributed by atoms with Crippen molar-refractivity contribution in [2.75, 3.05) is 19.7 Å². The molecule has 2 fully saturated rings. The molecule has 6 heteroatoms. The molecule has 2 aromatic rings. The Hall–Kier alpha value is -2.18. The van der Waals surface area contributed by atoms with Crippen LogP contribution in [0.2, 0.25) is 0 Å². The Labute approximate surface area is 172 Å². The third kappa shape index (κ3) is 4.54. The molecule has 0 spiro atoms. The van der Waals surface area contributed by atoms with Gasteiger partial charge in [-0.05, 0) is 30.7 Å². The van der Waals surface area contributed by atoms with Gasteiger partial charge in [-0.2, -0.15) is 5.10 Å². The van der Waals surface area contributed by atoms with Crippen molar-refractivity contribution in [1.29, 1.82) is 0 Å². The molecule has 2 N–H and O–H groups in total. The van der Waals surface area contributed by atoms with Crippen molar-refractivity contribution < 1.29 is 9.90 Å². The summed E-state index contributed by atoms with van der Waals surface area (Å²) in [6, 6.07) is 8.66. The van der Waals surface area contributed by atoms with Crippen LogP contribution >= 0.6 is 0 Å². The molecular weight excluding hydrogens is 364 g/mol. The average molecular weight is 397 g/mol. The minimum absolute atomic E-state index is 0.00701. The maximum absolute atomic E-state index is 12.2. The summed E-state index contributed by atoms with van der Waals surface area (Å²) in [4.78, 5) is 14.4. The predicted molar refractivity (Wildman–Crippen MR) is 113 cm³/mol. The van der Waals surface area contributed by atoms with Crippen LogP contribution in [0.1, 0.15) is 55.6 Å². The highest BCUT2D eigenvalue weighted by Crippen LogP contribution is 2.34. The standard InChI is InChI=1S/C23H32N4O2/c1-26-15-20(16-27-13-12-24-23(29)21(27)11-14-28)22(25-26)19-9-7-18(8-10-19)17-5-3-2-4-6-17/h7-10,15,17,21,28H,2-6,11-14,16H2,1H3,(H,24,29)/t21-/m1/s1. The number of hydrogen-bond acceptors (Lipinski definition) is 4. The van der Waals surface area contributed by atoms with Crippen LogP contribution in [0.15, 0.2) is 30.5 Å². The van der Waals surface area contributed by atoms with E-state index in [2.05, 4.69) is 34.5 Å². The molecule has 0 unspecified atom stereocenters. The third-order valence-corrected chi connectivity index (χ3v) is 6.38. The number of nitrogens with one attached hydrogen (secondary N) is 1. The van der Waals surface area contributed by atoms with Crippen LogP contribution in [0, 0.1) is 0 Å². The molecule has 2 heterocycles.